The molecule has 0 aliphatic heterocycles. The van der Waals surface area contributed by atoms with Crippen LogP contribution in [-0.4, -0.2) is 15.0 Å². The Balaban J connectivity index is 3.12. The van der Waals surface area contributed by atoms with Crippen LogP contribution in [-0.2, 0) is 6.61 Å². The number of rotatable bonds is 2. The summed E-state index contributed by atoms with van der Waals surface area (Å²) in [6.07, 6.45) is 2.59. The molecule has 0 saturated heterocycles. The molecule has 0 amide bonds. The molecule has 0 spiro atoms. The van der Waals surface area contributed by atoms with Crippen LogP contribution in [0.15, 0.2) is 18.5 Å². The fraction of sp³-hybridized carbons (Fsp3) is 0.167. The van der Waals surface area contributed by atoms with Crippen molar-refractivity contribution in [2.24, 2.45) is 0 Å². The van der Waals surface area contributed by atoms with Crippen molar-refractivity contribution < 1.29 is 10.0 Å². The molecule has 11 heavy (non-hydrogen) atoms. The van der Waals surface area contributed by atoms with Crippen LogP contribution in [0.3, 0.4) is 0 Å². The summed E-state index contributed by atoms with van der Waals surface area (Å²) < 4.78 is 0. The Labute approximate surface area is 62.5 Å². The van der Waals surface area contributed by atoms with Crippen molar-refractivity contribution in [1.82, 2.24) is 4.98 Å². The summed E-state index contributed by atoms with van der Waals surface area (Å²) in [4.78, 5) is 13.3. The first-order chi connectivity index (χ1) is 5.25. The van der Waals surface area contributed by atoms with Crippen LogP contribution in [0.25, 0.3) is 0 Å². The van der Waals surface area contributed by atoms with E-state index >= 15 is 0 Å². The Hall–Kier alpha value is -1.49. The molecule has 5 heteroatoms. The fourth-order valence-electron chi connectivity index (χ4n) is 0.720. The number of hydrogen-bond acceptors (Lipinski definition) is 4. The van der Waals surface area contributed by atoms with Crippen molar-refractivity contribution in [3.8, 4) is 0 Å². The lowest BCUT2D eigenvalue weighted by molar-refractivity contribution is -0.385. The van der Waals surface area contributed by atoms with Gasteiger partial charge in [0, 0.05) is 18.5 Å². The second-order valence-corrected chi connectivity index (χ2v) is 1.92. The number of aromatic nitrogens is 1. The van der Waals surface area contributed by atoms with E-state index in [2.05, 4.69) is 4.98 Å². The van der Waals surface area contributed by atoms with Gasteiger partial charge in [-0.25, -0.2) is 0 Å². The van der Waals surface area contributed by atoms with Gasteiger partial charge in [0.05, 0.1) is 17.1 Å². The topological polar surface area (TPSA) is 76.3 Å². The molecule has 0 aromatic carbocycles. The molecule has 5 nitrogen and oxygen atoms in total. The first-order valence-corrected chi connectivity index (χ1v) is 2.94. The number of nitro groups is 1. The summed E-state index contributed by atoms with van der Waals surface area (Å²) in [7, 11) is 0. The average Bonchev–Trinajstić information content (AvgIpc) is 2.04. The number of nitrogens with zero attached hydrogens (tertiary/aromatic N) is 2. The highest BCUT2D eigenvalue weighted by molar-refractivity contribution is 5.36. The van der Waals surface area contributed by atoms with Crippen molar-refractivity contribution in [2.45, 2.75) is 6.61 Å². The molecule has 1 aromatic heterocycles. The summed E-state index contributed by atoms with van der Waals surface area (Å²) in [5.41, 5.74) is 0.139. The molecule has 0 atom stereocenters. The minimum absolute atomic E-state index is 0.0949. The summed E-state index contributed by atoms with van der Waals surface area (Å²) in [6.45, 7) is -0.357. The van der Waals surface area contributed by atoms with Gasteiger partial charge in [0.25, 0.3) is 5.69 Å². The van der Waals surface area contributed by atoms with Gasteiger partial charge < -0.3 is 5.11 Å². The highest BCUT2D eigenvalue weighted by Gasteiger charge is 2.10. The van der Waals surface area contributed by atoms with Gasteiger partial charge in [0.2, 0.25) is 0 Å². The number of aliphatic hydroxyl groups is 1. The first-order valence-electron chi connectivity index (χ1n) is 2.94. The molecule has 0 fully saturated rings. The van der Waals surface area contributed by atoms with Crippen LogP contribution in [0, 0.1) is 10.1 Å². The zero-order valence-electron chi connectivity index (χ0n) is 5.60. The highest BCUT2D eigenvalue weighted by atomic mass is 16.6. The Morgan fingerprint density at radius 2 is 2.45 bits per heavy atom. The minimum atomic E-state index is -0.548. The fourth-order valence-corrected chi connectivity index (χ4v) is 0.720. The molecule has 0 aliphatic carbocycles. The zero-order valence-corrected chi connectivity index (χ0v) is 5.60. The predicted molar refractivity (Wildman–Crippen MR) is 36.8 cm³/mol. The van der Waals surface area contributed by atoms with E-state index in [1.165, 1.54) is 18.5 Å². The number of hydrogen-bond donors (Lipinski definition) is 1. The van der Waals surface area contributed by atoms with Crippen LogP contribution in [0.1, 0.15) is 5.56 Å². The molecule has 0 radical (unpaired) electrons. The maximum atomic E-state index is 10.2. The van der Waals surface area contributed by atoms with Gasteiger partial charge in [-0.15, -0.1) is 0 Å². The minimum Gasteiger partial charge on any atom is -0.391 e. The highest BCUT2D eigenvalue weighted by Crippen LogP contribution is 2.15. The lowest BCUT2D eigenvalue weighted by atomic mass is 10.2. The lowest BCUT2D eigenvalue weighted by Crippen LogP contribution is -1.95. The van der Waals surface area contributed by atoms with E-state index in [1.54, 1.807) is 0 Å². The van der Waals surface area contributed by atoms with E-state index in [0.717, 1.165) is 0 Å². The Morgan fingerprint density at radius 3 is 2.91 bits per heavy atom. The van der Waals surface area contributed by atoms with Crippen molar-refractivity contribution in [3.63, 3.8) is 0 Å². The predicted octanol–water partition coefficient (Wildman–Crippen LogP) is 0.482. The van der Waals surface area contributed by atoms with Crippen molar-refractivity contribution in [2.75, 3.05) is 0 Å². The van der Waals surface area contributed by atoms with Crippen molar-refractivity contribution in [1.29, 1.82) is 0 Å². The van der Waals surface area contributed by atoms with Crippen molar-refractivity contribution >= 4 is 5.69 Å². The van der Waals surface area contributed by atoms with E-state index in [4.69, 9.17) is 5.11 Å². The van der Waals surface area contributed by atoms with E-state index in [0.29, 0.717) is 0 Å². The summed E-state index contributed by atoms with van der Waals surface area (Å²) >= 11 is 0. The maximum Gasteiger partial charge on any atom is 0.277 e. The molecule has 58 valence electrons. The third-order valence-electron chi connectivity index (χ3n) is 1.24. The van der Waals surface area contributed by atoms with E-state index in [1.807, 2.05) is 0 Å². The molecule has 0 bridgehead atoms. The van der Waals surface area contributed by atoms with Crippen LogP contribution < -0.4 is 0 Å². The van der Waals surface area contributed by atoms with Crippen molar-refractivity contribution in [3.05, 3.63) is 34.1 Å². The summed E-state index contributed by atoms with van der Waals surface area (Å²) in [5.74, 6) is 0. The molecule has 1 heterocycles. The van der Waals surface area contributed by atoms with E-state index in [9.17, 15) is 10.1 Å². The smallest absolute Gasteiger partial charge is 0.277 e. The first kappa shape index (κ1) is 7.62. The van der Waals surface area contributed by atoms with Gasteiger partial charge >= 0.3 is 0 Å². The largest absolute Gasteiger partial charge is 0.391 e. The van der Waals surface area contributed by atoms with Gasteiger partial charge in [-0.05, 0) is 0 Å². The lowest BCUT2D eigenvalue weighted by Gasteiger charge is -1.95. The average molecular weight is 154 g/mol. The standard InChI is InChI=1S/C6H6N2O3/c9-4-5-3-7-2-1-6(5)8(10)11/h1-3,9H,4H2. The molecule has 1 rings (SSSR count). The molecule has 1 aromatic rings. The molecular formula is C6H6N2O3. The molecular weight excluding hydrogens is 148 g/mol. The number of aliphatic hydroxyl groups excluding tert-OH is 1. The van der Waals surface area contributed by atoms with Crippen LogP contribution in [0.4, 0.5) is 5.69 Å². The van der Waals surface area contributed by atoms with Gasteiger partial charge in [-0.1, -0.05) is 0 Å². The monoisotopic (exact) mass is 154 g/mol. The van der Waals surface area contributed by atoms with Gasteiger partial charge in [-0.3, -0.25) is 15.1 Å². The van der Waals surface area contributed by atoms with E-state index < -0.39 is 4.92 Å². The third kappa shape index (κ3) is 1.50. The van der Waals surface area contributed by atoms with Crippen LogP contribution in [0.5, 0.6) is 0 Å². The molecule has 0 aliphatic rings. The normalized spacial score (nSPS) is 9.55. The molecule has 1 N–H and O–H groups in total. The Kier molecular flexibility index (Phi) is 2.12. The Morgan fingerprint density at radius 1 is 1.73 bits per heavy atom. The van der Waals surface area contributed by atoms with Crippen LogP contribution >= 0.6 is 0 Å². The van der Waals surface area contributed by atoms with E-state index in [-0.39, 0.29) is 17.9 Å². The van der Waals surface area contributed by atoms with Gasteiger partial charge in [0.1, 0.15) is 0 Å². The third-order valence-corrected chi connectivity index (χ3v) is 1.24. The summed E-state index contributed by atoms with van der Waals surface area (Å²) in [5, 5.41) is 18.9. The SMILES string of the molecule is O=[N+]([O-])c1ccncc1CO. The molecule has 0 saturated carbocycles. The number of pyridine rings is 1. The Bertz CT molecular complexity index is 274. The summed E-state index contributed by atoms with van der Waals surface area (Å²) in [6, 6.07) is 1.26. The van der Waals surface area contributed by atoms with Gasteiger partial charge in [-0.2, -0.15) is 0 Å². The van der Waals surface area contributed by atoms with Crippen LogP contribution in [0.2, 0.25) is 0 Å². The second-order valence-electron chi connectivity index (χ2n) is 1.92. The second kappa shape index (κ2) is 3.07. The quantitative estimate of drug-likeness (QED) is 0.496. The zero-order chi connectivity index (χ0) is 8.27. The van der Waals surface area contributed by atoms with Gasteiger partial charge in [0.15, 0.2) is 0 Å². The molecule has 0 unspecified atom stereocenters. The maximum absolute atomic E-state index is 10.2.